The zero-order valence-corrected chi connectivity index (χ0v) is 14.7. The molecule has 126 valence electrons. The molecule has 1 saturated heterocycles. The van der Waals surface area contributed by atoms with Crippen LogP contribution in [0.15, 0.2) is 0 Å². The monoisotopic (exact) mass is 325 g/mol. The molecule has 0 aromatic carbocycles. The summed E-state index contributed by atoms with van der Waals surface area (Å²) in [5.74, 6) is 1.79. The number of nitrogens with one attached hydrogen (secondary N) is 2. The second-order valence-electron chi connectivity index (χ2n) is 7.12. The van der Waals surface area contributed by atoms with Gasteiger partial charge >= 0.3 is 6.03 Å². The van der Waals surface area contributed by atoms with Crippen LogP contribution in [0.1, 0.15) is 51.9 Å². The van der Waals surface area contributed by atoms with E-state index in [9.17, 15) is 4.79 Å². The SMILES string of the molecule is CCSC1CCCCC1NC(=O)NCC1CCN(C2CC2)C1. The largest absolute Gasteiger partial charge is 0.338 e. The van der Waals surface area contributed by atoms with Gasteiger partial charge in [0.05, 0.1) is 0 Å². The van der Waals surface area contributed by atoms with Gasteiger partial charge in [0, 0.05) is 30.4 Å². The number of likely N-dealkylation sites (tertiary alicyclic amines) is 1. The fourth-order valence-corrected chi connectivity index (χ4v) is 5.13. The molecular weight excluding hydrogens is 294 g/mol. The Morgan fingerprint density at radius 3 is 2.77 bits per heavy atom. The average Bonchev–Trinajstić information content (AvgIpc) is 3.26. The lowest BCUT2D eigenvalue weighted by Crippen LogP contribution is -2.49. The van der Waals surface area contributed by atoms with E-state index in [-0.39, 0.29) is 6.03 Å². The second-order valence-corrected chi connectivity index (χ2v) is 8.64. The summed E-state index contributed by atoms with van der Waals surface area (Å²) in [6, 6.07) is 1.29. The molecule has 0 bridgehead atoms. The molecule has 1 aliphatic heterocycles. The lowest BCUT2D eigenvalue weighted by Gasteiger charge is -2.31. The summed E-state index contributed by atoms with van der Waals surface area (Å²) < 4.78 is 0. The molecule has 3 rings (SSSR count). The number of urea groups is 1. The van der Waals surface area contributed by atoms with Crippen molar-refractivity contribution in [3.05, 3.63) is 0 Å². The Kier molecular flexibility index (Phi) is 5.91. The van der Waals surface area contributed by atoms with Crippen LogP contribution in [0.4, 0.5) is 4.79 Å². The van der Waals surface area contributed by atoms with Gasteiger partial charge in [0.2, 0.25) is 0 Å². The van der Waals surface area contributed by atoms with Crippen LogP contribution in [0.5, 0.6) is 0 Å². The predicted molar refractivity (Wildman–Crippen MR) is 93.4 cm³/mol. The number of hydrogen-bond acceptors (Lipinski definition) is 3. The van der Waals surface area contributed by atoms with Crippen LogP contribution in [0, 0.1) is 5.92 Å². The van der Waals surface area contributed by atoms with Crippen LogP contribution in [0.2, 0.25) is 0 Å². The zero-order chi connectivity index (χ0) is 15.4. The van der Waals surface area contributed by atoms with Crippen LogP contribution in [-0.2, 0) is 0 Å². The van der Waals surface area contributed by atoms with E-state index in [1.54, 1.807) is 0 Å². The Morgan fingerprint density at radius 1 is 1.18 bits per heavy atom. The molecule has 1 heterocycles. The van der Waals surface area contributed by atoms with Gasteiger partial charge < -0.3 is 15.5 Å². The fraction of sp³-hybridized carbons (Fsp3) is 0.941. The molecule has 2 N–H and O–H groups in total. The third-order valence-electron chi connectivity index (χ3n) is 5.33. The fourth-order valence-electron chi connectivity index (χ4n) is 3.93. The average molecular weight is 326 g/mol. The zero-order valence-electron chi connectivity index (χ0n) is 13.9. The third kappa shape index (κ3) is 4.54. The standard InChI is InChI=1S/C17H31N3OS/c1-2-22-16-6-4-3-5-15(16)19-17(21)18-11-13-9-10-20(12-13)14-7-8-14/h13-16H,2-12H2,1H3,(H2,18,19,21). The van der Waals surface area contributed by atoms with Crippen molar-refractivity contribution in [1.29, 1.82) is 0 Å². The smallest absolute Gasteiger partial charge is 0.315 e. The molecule has 0 radical (unpaired) electrons. The molecule has 3 fully saturated rings. The molecule has 3 aliphatic rings. The first-order valence-corrected chi connectivity index (χ1v) is 10.2. The van der Waals surface area contributed by atoms with Crippen molar-refractivity contribution in [3.63, 3.8) is 0 Å². The maximum Gasteiger partial charge on any atom is 0.315 e. The van der Waals surface area contributed by atoms with Gasteiger partial charge in [0.1, 0.15) is 0 Å². The summed E-state index contributed by atoms with van der Waals surface area (Å²) in [4.78, 5) is 14.8. The minimum absolute atomic E-state index is 0.0541. The van der Waals surface area contributed by atoms with E-state index in [0.717, 1.165) is 24.8 Å². The van der Waals surface area contributed by atoms with E-state index in [0.29, 0.717) is 17.2 Å². The van der Waals surface area contributed by atoms with E-state index in [2.05, 4.69) is 22.5 Å². The number of amides is 2. The molecule has 2 aliphatic carbocycles. The Morgan fingerprint density at radius 2 is 2.00 bits per heavy atom. The van der Waals surface area contributed by atoms with E-state index in [1.807, 2.05) is 11.8 Å². The van der Waals surface area contributed by atoms with Crippen molar-refractivity contribution in [1.82, 2.24) is 15.5 Å². The summed E-state index contributed by atoms with van der Waals surface area (Å²) in [5, 5.41) is 6.98. The molecule has 22 heavy (non-hydrogen) atoms. The third-order valence-corrected chi connectivity index (χ3v) is 6.66. The highest BCUT2D eigenvalue weighted by molar-refractivity contribution is 7.99. The first kappa shape index (κ1) is 16.4. The molecule has 3 unspecified atom stereocenters. The Hall–Kier alpha value is -0.420. The van der Waals surface area contributed by atoms with E-state index >= 15 is 0 Å². The van der Waals surface area contributed by atoms with Crippen LogP contribution >= 0.6 is 11.8 Å². The summed E-state index contributed by atoms with van der Waals surface area (Å²) in [7, 11) is 0. The number of thioether (sulfide) groups is 1. The minimum atomic E-state index is 0.0541. The molecule has 0 spiro atoms. The number of rotatable bonds is 6. The maximum atomic E-state index is 12.2. The lowest BCUT2D eigenvalue weighted by atomic mass is 9.95. The van der Waals surface area contributed by atoms with Crippen LogP contribution in [-0.4, -0.2) is 53.7 Å². The molecule has 2 amide bonds. The van der Waals surface area contributed by atoms with Gasteiger partial charge in [0.15, 0.2) is 0 Å². The van der Waals surface area contributed by atoms with Gasteiger partial charge in [-0.1, -0.05) is 19.8 Å². The minimum Gasteiger partial charge on any atom is -0.338 e. The summed E-state index contributed by atoms with van der Waals surface area (Å²) in [6.45, 7) is 5.47. The molecule has 4 nitrogen and oxygen atoms in total. The lowest BCUT2D eigenvalue weighted by molar-refractivity contribution is 0.231. The number of hydrogen-bond donors (Lipinski definition) is 2. The van der Waals surface area contributed by atoms with Crippen molar-refractivity contribution in [2.24, 2.45) is 5.92 Å². The Balaban J connectivity index is 1.36. The number of carbonyl (C=O) groups is 1. The van der Waals surface area contributed by atoms with Crippen LogP contribution in [0.3, 0.4) is 0 Å². The van der Waals surface area contributed by atoms with E-state index < -0.39 is 0 Å². The summed E-state index contributed by atoms with van der Waals surface area (Å²) >= 11 is 2.01. The van der Waals surface area contributed by atoms with Crippen molar-refractivity contribution in [2.45, 2.75) is 69.2 Å². The quantitative estimate of drug-likeness (QED) is 0.789. The van der Waals surface area contributed by atoms with Crippen molar-refractivity contribution >= 4 is 17.8 Å². The molecule has 0 aromatic heterocycles. The van der Waals surface area contributed by atoms with Gasteiger partial charge in [-0.3, -0.25) is 0 Å². The van der Waals surface area contributed by atoms with Gasteiger partial charge in [-0.05, 0) is 50.3 Å². The first-order chi connectivity index (χ1) is 10.8. The highest BCUT2D eigenvalue weighted by atomic mass is 32.2. The Labute approximate surface area is 139 Å². The Bertz CT molecular complexity index is 373. The van der Waals surface area contributed by atoms with Gasteiger partial charge in [-0.2, -0.15) is 11.8 Å². The van der Waals surface area contributed by atoms with Crippen molar-refractivity contribution in [3.8, 4) is 0 Å². The molecule has 3 atom stereocenters. The first-order valence-electron chi connectivity index (χ1n) is 9.16. The topological polar surface area (TPSA) is 44.4 Å². The van der Waals surface area contributed by atoms with Gasteiger partial charge in [0.25, 0.3) is 0 Å². The highest BCUT2D eigenvalue weighted by Gasteiger charge is 2.34. The van der Waals surface area contributed by atoms with Crippen LogP contribution < -0.4 is 10.6 Å². The normalized spacial score (nSPS) is 32.9. The number of carbonyl (C=O) groups excluding carboxylic acids is 1. The molecule has 0 aromatic rings. The number of nitrogens with zero attached hydrogens (tertiary/aromatic N) is 1. The van der Waals surface area contributed by atoms with E-state index in [4.69, 9.17) is 0 Å². The molecular formula is C17H31N3OS. The highest BCUT2D eigenvalue weighted by Crippen LogP contribution is 2.31. The van der Waals surface area contributed by atoms with Crippen molar-refractivity contribution < 1.29 is 4.79 Å². The second kappa shape index (κ2) is 7.91. The summed E-state index contributed by atoms with van der Waals surface area (Å²) in [5.41, 5.74) is 0. The van der Waals surface area contributed by atoms with Gasteiger partial charge in [-0.25, -0.2) is 4.79 Å². The van der Waals surface area contributed by atoms with Gasteiger partial charge in [-0.15, -0.1) is 0 Å². The maximum absolute atomic E-state index is 12.2. The van der Waals surface area contributed by atoms with E-state index in [1.165, 1.54) is 51.6 Å². The van der Waals surface area contributed by atoms with Crippen molar-refractivity contribution in [2.75, 3.05) is 25.4 Å². The van der Waals surface area contributed by atoms with Crippen LogP contribution in [0.25, 0.3) is 0 Å². The molecule has 5 heteroatoms. The molecule has 2 saturated carbocycles. The summed E-state index contributed by atoms with van der Waals surface area (Å²) in [6.07, 6.45) is 8.99. The predicted octanol–water partition coefficient (Wildman–Crippen LogP) is 2.83.